The van der Waals surface area contributed by atoms with E-state index in [1.54, 1.807) is 11.7 Å². The van der Waals surface area contributed by atoms with Gasteiger partial charge in [0.05, 0.1) is 27.0 Å². The number of methoxy groups -OCH3 is 2. The van der Waals surface area contributed by atoms with Gasteiger partial charge < -0.3 is 19.4 Å². The molecule has 0 atom stereocenters. The Labute approximate surface area is 166 Å². The monoisotopic (exact) mass is 401 g/mol. The minimum Gasteiger partial charge on any atom is -0.496 e. The molecule has 3 aromatic rings. The number of aryl methyl sites for hydroxylation is 1. The molecule has 3 rings (SSSR count). The van der Waals surface area contributed by atoms with Crippen molar-refractivity contribution in [3.63, 3.8) is 0 Å². The Morgan fingerprint density at radius 3 is 2.28 bits per heavy atom. The van der Waals surface area contributed by atoms with Crippen molar-refractivity contribution < 1.29 is 18.3 Å². The summed E-state index contributed by atoms with van der Waals surface area (Å²) in [5.74, 6) is -0.464. The second kappa shape index (κ2) is 8.30. The molecule has 0 bridgehead atoms. The van der Waals surface area contributed by atoms with Gasteiger partial charge in [0, 0.05) is 17.3 Å². The minimum atomic E-state index is -0.685. The summed E-state index contributed by atoms with van der Waals surface area (Å²) in [6.45, 7) is 3.86. The highest BCUT2D eigenvalue weighted by Gasteiger charge is 2.14. The van der Waals surface area contributed by atoms with Crippen molar-refractivity contribution in [2.24, 2.45) is 0 Å². The molecule has 6 nitrogen and oxygen atoms in total. The molecule has 29 heavy (non-hydrogen) atoms. The highest BCUT2D eigenvalue weighted by molar-refractivity contribution is 5.64. The van der Waals surface area contributed by atoms with E-state index < -0.39 is 17.2 Å². The molecule has 1 aromatic heterocycles. The third kappa shape index (κ3) is 4.53. The molecule has 152 valence electrons. The Kier molecular flexibility index (Phi) is 5.81. The number of nitrogens with zero attached hydrogens (tertiary/aromatic N) is 2. The van der Waals surface area contributed by atoms with Gasteiger partial charge >= 0.3 is 5.56 Å². The Morgan fingerprint density at radius 1 is 1.00 bits per heavy atom. The molecule has 0 fully saturated rings. The van der Waals surface area contributed by atoms with Gasteiger partial charge in [-0.2, -0.15) is 4.98 Å². The summed E-state index contributed by atoms with van der Waals surface area (Å²) in [5.41, 5.74) is 2.28. The van der Waals surface area contributed by atoms with Gasteiger partial charge in [0.15, 0.2) is 0 Å². The lowest BCUT2D eigenvalue weighted by Gasteiger charge is -2.18. The molecule has 0 saturated carbocycles. The number of rotatable bonds is 6. The molecule has 8 heteroatoms. The number of hydrogen-bond donors (Lipinski definition) is 1. The first kappa shape index (κ1) is 20.3. The molecule has 0 amide bonds. The summed E-state index contributed by atoms with van der Waals surface area (Å²) < 4.78 is 39.2. The van der Waals surface area contributed by atoms with E-state index in [-0.39, 0.29) is 18.2 Å². The number of hydrogen-bond acceptors (Lipinski definition) is 5. The van der Waals surface area contributed by atoms with E-state index in [4.69, 9.17) is 9.47 Å². The molecule has 0 saturated heterocycles. The van der Waals surface area contributed by atoms with Gasteiger partial charge in [0.1, 0.15) is 17.4 Å². The van der Waals surface area contributed by atoms with Crippen molar-refractivity contribution in [1.29, 1.82) is 0 Å². The molecule has 0 unspecified atom stereocenters. The SMILES string of the molecule is COc1cc(C)cc(Nc2nc(=O)c(OC)cn2Cc2cc(F)cc(F)c2)c1C. The number of halogens is 2. The van der Waals surface area contributed by atoms with Crippen LogP contribution >= 0.6 is 0 Å². The second-order valence-corrected chi connectivity index (χ2v) is 6.61. The van der Waals surface area contributed by atoms with E-state index in [0.717, 1.165) is 17.2 Å². The first-order chi connectivity index (χ1) is 13.8. The molecule has 0 radical (unpaired) electrons. The lowest BCUT2D eigenvalue weighted by molar-refractivity contribution is 0.402. The Morgan fingerprint density at radius 2 is 1.66 bits per heavy atom. The van der Waals surface area contributed by atoms with Crippen LogP contribution in [0.2, 0.25) is 0 Å². The zero-order valence-electron chi connectivity index (χ0n) is 16.5. The highest BCUT2D eigenvalue weighted by Crippen LogP contribution is 2.29. The fourth-order valence-electron chi connectivity index (χ4n) is 3.02. The van der Waals surface area contributed by atoms with Crippen LogP contribution in [0.1, 0.15) is 16.7 Å². The van der Waals surface area contributed by atoms with Crippen molar-refractivity contribution in [2.45, 2.75) is 20.4 Å². The zero-order valence-corrected chi connectivity index (χ0v) is 16.5. The van der Waals surface area contributed by atoms with Crippen LogP contribution in [0.15, 0.2) is 41.3 Å². The van der Waals surface area contributed by atoms with Gasteiger partial charge in [0.2, 0.25) is 11.7 Å². The van der Waals surface area contributed by atoms with Crippen LogP contribution in [0, 0.1) is 25.5 Å². The van der Waals surface area contributed by atoms with Gasteiger partial charge in [0.25, 0.3) is 0 Å². The standard InChI is InChI=1S/C21H21F2N3O3/c1-12-5-17(13(2)18(6-12)28-3)24-21-25-20(27)19(29-4)11-26(21)10-14-7-15(22)9-16(23)8-14/h5-9,11H,10H2,1-4H3,(H,24,25,27). The molecular weight excluding hydrogens is 380 g/mol. The van der Waals surface area contributed by atoms with Crippen LogP contribution in [0.5, 0.6) is 11.5 Å². The largest absolute Gasteiger partial charge is 0.496 e. The molecule has 1 heterocycles. The van der Waals surface area contributed by atoms with Crippen molar-refractivity contribution in [3.8, 4) is 11.5 Å². The topological polar surface area (TPSA) is 65.4 Å². The number of aromatic nitrogens is 2. The van der Waals surface area contributed by atoms with E-state index in [1.807, 2.05) is 26.0 Å². The maximum Gasteiger partial charge on any atom is 0.316 e. The maximum atomic E-state index is 13.6. The summed E-state index contributed by atoms with van der Waals surface area (Å²) in [5, 5.41) is 3.13. The summed E-state index contributed by atoms with van der Waals surface area (Å²) in [6.07, 6.45) is 1.45. The molecule has 0 spiro atoms. The fourth-order valence-corrected chi connectivity index (χ4v) is 3.02. The summed E-state index contributed by atoms with van der Waals surface area (Å²) >= 11 is 0. The number of benzene rings is 2. The highest BCUT2D eigenvalue weighted by atomic mass is 19.1. The number of nitrogens with one attached hydrogen (secondary N) is 1. The zero-order chi connectivity index (χ0) is 21.1. The third-order valence-corrected chi connectivity index (χ3v) is 4.43. The van der Waals surface area contributed by atoms with Crippen LogP contribution in [0.4, 0.5) is 20.4 Å². The molecular formula is C21H21F2N3O3. The quantitative estimate of drug-likeness (QED) is 0.678. The van der Waals surface area contributed by atoms with Crippen molar-refractivity contribution in [3.05, 3.63) is 75.2 Å². The maximum absolute atomic E-state index is 13.6. The smallest absolute Gasteiger partial charge is 0.316 e. The fraction of sp³-hybridized carbons (Fsp3) is 0.238. The second-order valence-electron chi connectivity index (χ2n) is 6.61. The van der Waals surface area contributed by atoms with E-state index in [0.29, 0.717) is 17.0 Å². The lowest BCUT2D eigenvalue weighted by Crippen LogP contribution is -2.19. The Bertz CT molecular complexity index is 1090. The van der Waals surface area contributed by atoms with Crippen LogP contribution in [0.25, 0.3) is 0 Å². The third-order valence-electron chi connectivity index (χ3n) is 4.43. The van der Waals surface area contributed by atoms with Crippen LogP contribution in [-0.2, 0) is 6.54 Å². The van der Waals surface area contributed by atoms with Crippen LogP contribution in [0.3, 0.4) is 0 Å². The average Bonchev–Trinajstić information content (AvgIpc) is 2.65. The van der Waals surface area contributed by atoms with Crippen molar-refractivity contribution in [2.75, 3.05) is 19.5 Å². The lowest BCUT2D eigenvalue weighted by atomic mass is 10.1. The van der Waals surface area contributed by atoms with E-state index in [2.05, 4.69) is 10.3 Å². The molecule has 1 N–H and O–H groups in total. The Hall–Kier alpha value is -3.42. The van der Waals surface area contributed by atoms with E-state index in [1.165, 1.54) is 25.4 Å². The summed E-state index contributed by atoms with van der Waals surface area (Å²) in [4.78, 5) is 16.3. The van der Waals surface area contributed by atoms with Gasteiger partial charge in [-0.05, 0) is 49.2 Å². The van der Waals surface area contributed by atoms with Crippen molar-refractivity contribution in [1.82, 2.24) is 9.55 Å². The normalized spacial score (nSPS) is 10.7. The summed E-state index contributed by atoms with van der Waals surface area (Å²) in [6, 6.07) is 7.02. The van der Waals surface area contributed by atoms with Gasteiger partial charge in [-0.1, -0.05) is 0 Å². The molecule has 2 aromatic carbocycles. The van der Waals surface area contributed by atoms with E-state index in [9.17, 15) is 13.6 Å². The Balaban J connectivity index is 2.08. The minimum absolute atomic E-state index is 0.0194. The van der Waals surface area contributed by atoms with Crippen LogP contribution < -0.4 is 20.3 Å². The van der Waals surface area contributed by atoms with Gasteiger partial charge in [-0.25, -0.2) is 8.78 Å². The molecule has 0 aliphatic carbocycles. The average molecular weight is 401 g/mol. The van der Waals surface area contributed by atoms with Gasteiger partial charge in [-0.3, -0.25) is 4.79 Å². The predicted molar refractivity (Wildman–Crippen MR) is 106 cm³/mol. The van der Waals surface area contributed by atoms with Gasteiger partial charge in [-0.15, -0.1) is 0 Å². The molecule has 0 aliphatic heterocycles. The summed E-state index contributed by atoms with van der Waals surface area (Å²) in [7, 11) is 2.93. The van der Waals surface area contributed by atoms with E-state index >= 15 is 0 Å². The first-order valence-corrected chi connectivity index (χ1v) is 8.83. The number of ether oxygens (including phenoxy) is 2. The van der Waals surface area contributed by atoms with Crippen LogP contribution in [-0.4, -0.2) is 23.8 Å². The number of anilines is 2. The predicted octanol–water partition coefficient (Wildman–Crippen LogP) is 3.95. The first-order valence-electron chi connectivity index (χ1n) is 8.83. The molecule has 0 aliphatic rings. The van der Waals surface area contributed by atoms with Crippen molar-refractivity contribution >= 4 is 11.6 Å².